The quantitative estimate of drug-likeness (QED) is 0.605. The van der Waals surface area contributed by atoms with Crippen molar-refractivity contribution in [3.05, 3.63) is 46.2 Å². The third kappa shape index (κ3) is 3.85. The summed E-state index contributed by atoms with van der Waals surface area (Å²) in [5, 5.41) is 2.86. The molecule has 1 aliphatic heterocycles. The Morgan fingerprint density at radius 1 is 1.24 bits per heavy atom. The molecule has 4 rings (SSSR count). The van der Waals surface area contributed by atoms with E-state index < -0.39 is 0 Å². The Kier molecular flexibility index (Phi) is 5.27. The van der Waals surface area contributed by atoms with Gasteiger partial charge in [0.25, 0.3) is 5.91 Å². The molecule has 1 aliphatic rings. The minimum Gasteiger partial charge on any atom is -0.493 e. The van der Waals surface area contributed by atoms with Gasteiger partial charge in [-0.15, -0.1) is 0 Å². The van der Waals surface area contributed by atoms with E-state index in [0.29, 0.717) is 29.4 Å². The van der Waals surface area contributed by atoms with E-state index in [1.807, 2.05) is 38.1 Å². The number of fused-ring (bicyclic) bond motifs is 1. The van der Waals surface area contributed by atoms with Crippen LogP contribution in [0.2, 0.25) is 0 Å². The van der Waals surface area contributed by atoms with Crippen molar-refractivity contribution in [3.63, 3.8) is 0 Å². The van der Waals surface area contributed by atoms with Gasteiger partial charge in [-0.2, -0.15) is 0 Å². The number of hydrogen-bond donors (Lipinski definition) is 2. The number of carbonyl (C=O) groups excluding carboxylic acids is 1. The Bertz CT molecular complexity index is 1080. The number of benzene rings is 1. The normalized spacial score (nSPS) is 13.2. The number of halogens is 1. The fourth-order valence-corrected chi connectivity index (χ4v) is 3.81. The highest BCUT2D eigenvalue weighted by Gasteiger charge is 2.21. The summed E-state index contributed by atoms with van der Waals surface area (Å²) in [6.45, 7) is 4.56. The highest BCUT2D eigenvalue weighted by atomic mass is 79.9. The van der Waals surface area contributed by atoms with Crippen LogP contribution in [0, 0.1) is 0 Å². The van der Waals surface area contributed by atoms with Gasteiger partial charge in [-0.25, -0.2) is 9.97 Å². The topological polar surface area (TPSA) is 89.1 Å². The lowest BCUT2D eigenvalue weighted by Crippen LogP contribution is -2.31. The average molecular weight is 457 g/mol. The molecule has 0 atom stereocenters. The predicted molar refractivity (Wildman–Crippen MR) is 113 cm³/mol. The van der Waals surface area contributed by atoms with E-state index >= 15 is 0 Å². The summed E-state index contributed by atoms with van der Waals surface area (Å²) in [5.74, 6) is 1.74. The zero-order chi connectivity index (χ0) is 20.5. The second-order valence-electron chi connectivity index (χ2n) is 7.00. The number of carbonyl (C=O) groups is 1. The third-order valence-corrected chi connectivity index (χ3v) is 5.17. The van der Waals surface area contributed by atoms with Gasteiger partial charge in [0, 0.05) is 30.4 Å². The van der Waals surface area contributed by atoms with Crippen LogP contribution in [-0.4, -0.2) is 40.6 Å². The molecule has 7 nitrogen and oxygen atoms in total. The Morgan fingerprint density at radius 3 is 2.79 bits per heavy atom. The van der Waals surface area contributed by atoms with E-state index in [1.165, 1.54) is 0 Å². The Morgan fingerprint density at radius 2 is 2.07 bits per heavy atom. The van der Waals surface area contributed by atoms with Crippen LogP contribution < -0.4 is 14.8 Å². The van der Waals surface area contributed by atoms with Crippen LogP contribution in [0.3, 0.4) is 0 Å². The molecule has 1 amide bonds. The van der Waals surface area contributed by atoms with Gasteiger partial charge in [0.05, 0.1) is 34.6 Å². The summed E-state index contributed by atoms with van der Waals surface area (Å²) in [6, 6.07) is 7.43. The van der Waals surface area contributed by atoms with E-state index in [9.17, 15) is 4.79 Å². The largest absolute Gasteiger partial charge is 0.493 e. The number of aromatic nitrogens is 3. The van der Waals surface area contributed by atoms with Crippen LogP contribution >= 0.6 is 15.9 Å². The van der Waals surface area contributed by atoms with Crippen molar-refractivity contribution < 1.29 is 14.3 Å². The first-order valence-electron chi connectivity index (χ1n) is 9.34. The van der Waals surface area contributed by atoms with Crippen LogP contribution in [0.5, 0.6) is 11.5 Å². The van der Waals surface area contributed by atoms with Crippen molar-refractivity contribution in [1.82, 2.24) is 20.3 Å². The van der Waals surface area contributed by atoms with Gasteiger partial charge >= 0.3 is 0 Å². The SMILES string of the molecule is COc1cc(-c2nccc(-c3cc4c([nH]3)CCNC4=O)n2)cc(Br)c1OC(C)C. The molecule has 0 saturated carbocycles. The summed E-state index contributed by atoms with van der Waals surface area (Å²) in [4.78, 5) is 24.5. The maximum Gasteiger partial charge on any atom is 0.253 e. The summed E-state index contributed by atoms with van der Waals surface area (Å²) in [7, 11) is 1.60. The van der Waals surface area contributed by atoms with E-state index in [-0.39, 0.29) is 12.0 Å². The maximum absolute atomic E-state index is 12.0. The number of rotatable bonds is 5. The number of H-pyrrole nitrogens is 1. The number of aromatic amines is 1. The smallest absolute Gasteiger partial charge is 0.253 e. The molecule has 0 radical (unpaired) electrons. The molecule has 2 aromatic heterocycles. The molecule has 0 bridgehead atoms. The molecule has 3 heterocycles. The first-order valence-corrected chi connectivity index (χ1v) is 10.1. The van der Waals surface area contributed by atoms with Crippen molar-refractivity contribution in [3.8, 4) is 34.3 Å². The number of amides is 1. The average Bonchev–Trinajstić information content (AvgIpc) is 3.15. The second-order valence-corrected chi connectivity index (χ2v) is 7.86. The molecule has 1 aromatic carbocycles. The lowest BCUT2D eigenvalue weighted by Gasteiger charge is -2.16. The first kappa shape index (κ1) is 19.4. The Balaban J connectivity index is 1.73. The standard InChI is InChI=1S/C21H21BrN4O3/c1-11(2)29-19-14(22)8-12(9-18(19)28-3)20-23-6-5-16(26-20)17-10-13-15(25-17)4-7-24-21(13)27/h5-6,8-11,25H,4,7H2,1-3H3,(H,24,27). The number of nitrogens with zero attached hydrogens (tertiary/aromatic N) is 2. The zero-order valence-electron chi connectivity index (χ0n) is 16.4. The zero-order valence-corrected chi connectivity index (χ0v) is 18.0. The minimum atomic E-state index is -0.0579. The molecule has 0 aliphatic carbocycles. The molecule has 8 heteroatoms. The molecule has 29 heavy (non-hydrogen) atoms. The summed E-state index contributed by atoms with van der Waals surface area (Å²) in [6.07, 6.45) is 2.50. The third-order valence-electron chi connectivity index (χ3n) is 4.58. The molecule has 3 aromatic rings. The number of nitrogens with one attached hydrogen (secondary N) is 2. The molecule has 0 spiro atoms. The number of hydrogen-bond acceptors (Lipinski definition) is 5. The van der Waals surface area contributed by atoms with E-state index in [0.717, 1.165) is 33.5 Å². The monoisotopic (exact) mass is 456 g/mol. The van der Waals surface area contributed by atoms with Crippen LogP contribution in [0.4, 0.5) is 0 Å². The van der Waals surface area contributed by atoms with Crippen LogP contribution in [-0.2, 0) is 6.42 Å². The minimum absolute atomic E-state index is 0.0155. The highest BCUT2D eigenvalue weighted by Crippen LogP contribution is 2.39. The molecular formula is C21H21BrN4O3. The number of methoxy groups -OCH3 is 1. The fourth-order valence-electron chi connectivity index (χ4n) is 3.28. The van der Waals surface area contributed by atoms with Gasteiger partial charge in [0.1, 0.15) is 0 Å². The van der Waals surface area contributed by atoms with Crippen molar-refractivity contribution in [1.29, 1.82) is 0 Å². The highest BCUT2D eigenvalue weighted by molar-refractivity contribution is 9.10. The summed E-state index contributed by atoms with van der Waals surface area (Å²) < 4.78 is 12.1. The van der Waals surface area contributed by atoms with E-state index in [4.69, 9.17) is 14.5 Å². The second kappa shape index (κ2) is 7.87. The van der Waals surface area contributed by atoms with Gasteiger partial charge in [-0.3, -0.25) is 4.79 Å². The molecule has 0 unspecified atom stereocenters. The van der Waals surface area contributed by atoms with Crippen molar-refractivity contribution in [2.75, 3.05) is 13.7 Å². The van der Waals surface area contributed by atoms with E-state index in [1.54, 1.807) is 13.3 Å². The molecule has 0 fully saturated rings. The maximum atomic E-state index is 12.0. The van der Waals surface area contributed by atoms with Gasteiger partial charge in [0.15, 0.2) is 17.3 Å². The molecule has 150 valence electrons. The predicted octanol–water partition coefficient (Wildman–Crippen LogP) is 3.98. The molecule has 0 saturated heterocycles. The first-order chi connectivity index (χ1) is 14.0. The van der Waals surface area contributed by atoms with Gasteiger partial charge in [-0.05, 0) is 54.0 Å². The lowest BCUT2D eigenvalue weighted by atomic mass is 10.1. The fraction of sp³-hybridized carbons (Fsp3) is 0.286. The van der Waals surface area contributed by atoms with Crippen molar-refractivity contribution in [2.45, 2.75) is 26.4 Å². The molecule has 2 N–H and O–H groups in total. The molecular weight excluding hydrogens is 436 g/mol. The summed E-state index contributed by atoms with van der Waals surface area (Å²) in [5.41, 5.74) is 3.91. The number of ether oxygens (including phenoxy) is 2. The lowest BCUT2D eigenvalue weighted by molar-refractivity contribution is 0.0946. The summed E-state index contributed by atoms with van der Waals surface area (Å²) >= 11 is 3.56. The van der Waals surface area contributed by atoms with Crippen LogP contribution in [0.1, 0.15) is 29.9 Å². The van der Waals surface area contributed by atoms with Gasteiger partial charge < -0.3 is 19.8 Å². The van der Waals surface area contributed by atoms with Gasteiger partial charge in [0.2, 0.25) is 0 Å². The van der Waals surface area contributed by atoms with Crippen LogP contribution in [0.25, 0.3) is 22.8 Å². The Labute approximate surface area is 177 Å². The van der Waals surface area contributed by atoms with Crippen molar-refractivity contribution >= 4 is 21.8 Å². The Hall–Kier alpha value is -2.87. The van der Waals surface area contributed by atoms with E-state index in [2.05, 4.69) is 31.2 Å². The van der Waals surface area contributed by atoms with Crippen molar-refractivity contribution in [2.24, 2.45) is 0 Å². The van der Waals surface area contributed by atoms with Crippen LogP contribution in [0.15, 0.2) is 34.9 Å². The van der Waals surface area contributed by atoms with Gasteiger partial charge in [-0.1, -0.05) is 0 Å².